The van der Waals surface area contributed by atoms with Crippen molar-refractivity contribution in [3.63, 3.8) is 0 Å². The van der Waals surface area contributed by atoms with Crippen LogP contribution in [0, 0.1) is 13.8 Å². The minimum atomic E-state index is 0.843. The molecule has 1 aliphatic heterocycles. The van der Waals surface area contributed by atoms with Gasteiger partial charge in [0.15, 0.2) is 0 Å². The number of hydrogen-bond donors (Lipinski definition) is 0. The van der Waals surface area contributed by atoms with Crippen molar-refractivity contribution in [1.82, 2.24) is 19.7 Å². The summed E-state index contributed by atoms with van der Waals surface area (Å²) >= 11 is 0. The second-order valence-electron chi connectivity index (χ2n) is 5.44. The Morgan fingerprint density at radius 3 is 2.90 bits per heavy atom. The summed E-state index contributed by atoms with van der Waals surface area (Å²) in [4.78, 5) is 11.4. The van der Waals surface area contributed by atoms with E-state index in [0.29, 0.717) is 0 Å². The molecule has 0 atom stereocenters. The van der Waals surface area contributed by atoms with Crippen LogP contribution in [0.2, 0.25) is 0 Å². The van der Waals surface area contributed by atoms with Gasteiger partial charge in [-0.05, 0) is 26.3 Å². The van der Waals surface area contributed by atoms with E-state index >= 15 is 0 Å². The molecule has 3 heterocycles. The molecule has 0 aromatic carbocycles. The second kappa shape index (κ2) is 5.23. The first-order valence-corrected chi connectivity index (χ1v) is 7.28. The fourth-order valence-corrected chi connectivity index (χ4v) is 2.79. The fourth-order valence-electron chi connectivity index (χ4n) is 2.79. The molecule has 106 valence electrons. The van der Waals surface area contributed by atoms with E-state index in [-0.39, 0.29) is 0 Å². The van der Waals surface area contributed by atoms with Crippen molar-refractivity contribution >= 4 is 5.82 Å². The van der Waals surface area contributed by atoms with Gasteiger partial charge in [-0.2, -0.15) is 5.10 Å². The number of hydrogen-bond acceptors (Lipinski definition) is 4. The van der Waals surface area contributed by atoms with Gasteiger partial charge in [0.1, 0.15) is 11.6 Å². The lowest BCUT2D eigenvalue weighted by Gasteiger charge is -2.30. The van der Waals surface area contributed by atoms with E-state index < -0.39 is 0 Å². The van der Waals surface area contributed by atoms with E-state index in [1.165, 1.54) is 11.3 Å². The number of fused-ring (bicyclic) bond motifs is 1. The van der Waals surface area contributed by atoms with Gasteiger partial charge in [-0.15, -0.1) is 0 Å². The number of aryl methyl sites for hydroxylation is 3. The molecule has 0 bridgehead atoms. The molecule has 0 saturated carbocycles. The van der Waals surface area contributed by atoms with Gasteiger partial charge in [0.2, 0.25) is 0 Å². The Bertz CT molecular complexity index is 617. The number of nitrogens with zero attached hydrogens (tertiary/aromatic N) is 5. The molecule has 20 heavy (non-hydrogen) atoms. The van der Waals surface area contributed by atoms with Crippen LogP contribution >= 0.6 is 0 Å². The van der Waals surface area contributed by atoms with Crippen molar-refractivity contribution in [2.45, 2.75) is 46.7 Å². The molecule has 1 aliphatic rings. The molecule has 0 unspecified atom stereocenters. The molecule has 0 radical (unpaired) electrons. The quantitative estimate of drug-likeness (QED) is 0.859. The third kappa shape index (κ3) is 2.40. The molecule has 0 N–H and O–H groups in total. The molecule has 5 heteroatoms. The maximum atomic E-state index is 4.68. The zero-order chi connectivity index (χ0) is 14.1. The molecule has 2 aromatic rings. The summed E-state index contributed by atoms with van der Waals surface area (Å²) in [7, 11) is 0. The maximum absolute atomic E-state index is 4.68. The number of rotatable bonds is 3. The second-order valence-corrected chi connectivity index (χ2v) is 5.44. The lowest BCUT2D eigenvalue weighted by Crippen LogP contribution is -2.35. The Morgan fingerprint density at radius 1 is 1.25 bits per heavy atom. The first-order chi connectivity index (χ1) is 9.67. The highest BCUT2D eigenvalue weighted by atomic mass is 15.3. The van der Waals surface area contributed by atoms with Crippen molar-refractivity contribution in [2.75, 3.05) is 11.4 Å². The van der Waals surface area contributed by atoms with Crippen molar-refractivity contribution in [3.05, 3.63) is 35.0 Å². The summed E-state index contributed by atoms with van der Waals surface area (Å²) in [6, 6.07) is 2.17. The molecule has 3 rings (SSSR count). The van der Waals surface area contributed by atoms with Crippen LogP contribution in [0.1, 0.15) is 36.1 Å². The highest BCUT2D eigenvalue weighted by molar-refractivity contribution is 5.47. The van der Waals surface area contributed by atoms with Crippen LogP contribution in [0.3, 0.4) is 0 Å². The van der Waals surface area contributed by atoms with E-state index in [4.69, 9.17) is 0 Å². The normalized spacial score (nSPS) is 14.4. The molecular weight excluding hydrogens is 250 g/mol. The van der Waals surface area contributed by atoms with Crippen LogP contribution in [-0.2, 0) is 19.5 Å². The van der Waals surface area contributed by atoms with E-state index in [1.807, 2.05) is 20.0 Å². The summed E-state index contributed by atoms with van der Waals surface area (Å²) in [5, 5.41) is 4.51. The zero-order valence-corrected chi connectivity index (χ0v) is 12.4. The third-order valence-electron chi connectivity index (χ3n) is 3.70. The molecule has 2 aromatic heterocycles. The van der Waals surface area contributed by atoms with Crippen molar-refractivity contribution in [3.8, 4) is 0 Å². The van der Waals surface area contributed by atoms with Crippen LogP contribution in [0.5, 0.6) is 0 Å². The van der Waals surface area contributed by atoms with Gasteiger partial charge in [0, 0.05) is 18.3 Å². The summed E-state index contributed by atoms with van der Waals surface area (Å²) in [5.41, 5.74) is 3.62. The molecular formula is C15H21N5. The van der Waals surface area contributed by atoms with E-state index in [2.05, 4.69) is 37.6 Å². The average molecular weight is 271 g/mol. The molecule has 5 nitrogen and oxygen atoms in total. The molecule has 0 amide bonds. The van der Waals surface area contributed by atoms with Crippen molar-refractivity contribution in [2.24, 2.45) is 0 Å². The summed E-state index contributed by atoms with van der Waals surface area (Å²) < 4.78 is 2.11. The number of anilines is 1. The van der Waals surface area contributed by atoms with Crippen molar-refractivity contribution < 1.29 is 0 Å². The Morgan fingerprint density at radius 2 is 2.10 bits per heavy atom. The average Bonchev–Trinajstić information content (AvgIpc) is 2.80. The summed E-state index contributed by atoms with van der Waals surface area (Å²) in [5.74, 6) is 1.94. The predicted molar refractivity (Wildman–Crippen MR) is 78.8 cm³/mol. The number of aromatic nitrogens is 4. The Labute approximate surface area is 119 Å². The standard InChI is InChI=1S/C15H21N5/c1-4-5-13-9-16-12(3)17-15(13)19-6-7-20-14(10-19)8-11(2)18-20/h8-9H,4-7,10H2,1-3H3. The van der Waals surface area contributed by atoms with E-state index in [0.717, 1.165) is 49.8 Å². The summed E-state index contributed by atoms with van der Waals surface area (Å²) in [6.07, 6.45) is 4.13. The lowest BCUT2D eigenvalue weighted by atomic mass is 10.1. The SMILES string of the molecule is CCCc1cnc(C)nc1N1CCn2nc(C)cc2C1. The van der Waals surface area contributed by atoms with Crippen LogP contribution in [0.4, 0.5) is 5.82 Å². The molecule has 0 aliphatic carbocycles. The Hall–Kier alpha value is -1.91. The highest BCUT2D eigenvalue weighted by Gasteiger charge is 2.21. The van der Waals surface area contributed by atoms with Gasteiger partial charge in [-0.3, -0.25) is 4.68 Å². The molecule has 0 saturated heterocycles. The van der Waals surface area contributed by atoms with Gasteiger partial charge >= 0.3 is 0 Å². The topological polar surface area (TPSA) is 46.8 Å². The largest absolute Gasteiger partial charge is 0.349 e. The minimum Gasteiger partial charge on any atom is -0.349 e. The third-order valence-corrected chi connectivity index (χ3v) is 3.70. The Balaban J connectivity index is 1.92. The van der Waals surface area contributed by atoms with Crippen LogP contribution < -0.4 is 4.90 Å². The molecule has 0 fully saturated rings. The maximum Gasteiger partial charge on any atom is 0.135 e. The van der Waals surface area contributed by atoms with Gasteiger partial charge in [-0.1, -0.05) is 13.3 Å². The van der Waals surface area contributed by atoms with Gasteiger partial charge in [-0.25, -0.2) is 9.97 Å². The van der Waals surface area contributed by atoms with Gasteiger partial charge in [0.25, 0.3) is 0 Å². The lowest BCUT2D eigenvalue weighted by molar-refractivity contribution is 0.513. The van der Waals surface area contributed by atoms with Gasteiger partial charge < -0.3 is 4.90 Å². The zero-order valence-electron chi connectivity index (χ0n) is 12.4. The first kappa shape index (κ1) is 13.1. The summed E-state index contributed by atoms with van der Waals surface area (Å²) in [6.45, 7) is 8.97. The smallest absolute Gasteiger partial charge is 0.135 e. The van der Waals surface area contributed by atoms with Crippen LogP contribution in [0.15, 0.2) is 12.3 Å². The Kier molecular flexibility index (Phi) is 3.42. The monoisotopic (exact) mass is 271 g/mol. The predicted octanol–water partition coefficient (Wildman–Crippen LogP) is 2.26. The van der Waals surface area contributed by atoms with Gasteiger partial charge in [0.05, 0.1) is 24.5 Å². The highest BCUT2D eigenvalue weighted by Crippen LogP contribution is 2.24. The first-order valence-electron chi connectivity index (χ1n) is 7.28. The minimum absolute atomic E-state index is 0.843. The van der Waals surface area contributed by atoms with Crippen molar-refractivity contribution in [1.29, 1.82) is 0 Å². The molecule has 0 spiro atoms. The van der Waals surface area contributed by atoms with E-state index in [1.54, 1.807) is 0 Å². The van der Waals surface area contributed by atoms with Crippen LogP contribution in [0.25, 0.3) is 0 Å². The van der Waals surface area contributed by atoms with Crippen LogP contribution in [-0.4, -0.2) is 26.3 Å². The fraction of sp³-hybridized carbons (Fsp3) is 0.533. The van der Waals surface area contributed by atoms with E-state index in [9.17, 15) is 0 Å².